The summed E-state index contributed by atoms with van der Waals surface area (Å²) in [7, 11) is 0. The molecule has 2 saturated heterocycles. The van der Waals surface area contributed by atoms with Gasteiger partial charge in [-0.25, -0.2) is 0 Å². The van der Waals surface area contributed by atoms with E-state index >= 15 is 0 Å². The maximum absolute atomic E-state index is 10.3. The monoisotopic (exact) mass is 1970 g/mol. The Morgan fingerprint density at radius 2 is 1.09 bits per heavy atom. The zero-order valence-electron chi connectivity index (χ0n) is 18.0. The summed E-state index contributed by atoms with van der Waals surface area (Å²) in [5.74, 6) is 0. The van der Waals surface area contributed by atoms with Crippen molar-refractivity contribution in [3.8, 4) is 0 Å². The van der Waals surface area contributed by atoms with E-state index in [1.807, 2.05) is 0 Å². The minimum Gasteiger partial charge on any atom is -0.394 e. The van der Waals surface area contributed by atoms with Crippen LogP contribution in [0, 0.1) is 308 Å². The van der Waals surface area contributed by atoms with Crippen molar-refractivity contribution in [3.63, 3.8) is 0 Å². The maximum atomic E-state index is 10.3. The van der Waals surface area contributed by atoms with E-state index in [1.54, 1.807) is 0 Å². The molecule has 0 spiro atoms. The largest absolute Gasteiger partial charge is 0.394 e. The molecule has 0 saturated carbocycles. The average molecular weight is 1970 g/mol. The normalized spacial score (nSPS) is 36.9. The summed E-state index contributed by atoms with van der Waals surface area (Å²) >= 11 is 0. The Labute approximate surface area is 444 Å². The van der Waals surface area contributed by atoms with Gasteiger partial charge in [0.1, 0.15) is 48.8 Å². The van der Waals surface area contributed by atoms with E-state index in [-0.39, 0.29) is 315 Å². The Hall–Kier alpha value is 9.39. The summed E-state index contributed by atoms with van der Waals surface area (Å²) in [6.45, 7) is 2.22. The molecule has 7 radical (unpaired) electrons. The molecule has 2 aliphatic heterocycles. The maximum Gasteiger partial charge on any atom is 0.187 e. The zero-order chi connectivity index (χ0) is 19.4. The minimum absolute atomic E-state index is 0. The van der Waals surface area contributed by atoms with Gasteiger partial charge in [-0.3, -0.25) is 0 Å². The standard InChI is InChI=1S/C15H26O11.7Ac/c1-2-3-23-14-12(22)10(20)13(7(5-17)25-14)26-15-11(21)9(19)8(18)6(4-16)24-15;;;;;;;/h2,6-22H,1,3-5H2;;;;;;;. The Bertz CT molecular complexity index is 470. The molecule has 0 aromatic rings. The number of hydrogen-bond donors (Lipinski definition) is 7. The summed E-state index contributed by atoms with van der Waals surface area (Å²) in [5.41, 5.74) is 0. The van der Waals surface area contributed by atoms with Crippen molar-refractivity contribution in [2.75, 3.05) is 19.8 Å². The predicted octanol–water partition coefficient (Wildman–Crippen LogP) is -4.19. The van der Waals surface area contributed by atoms with Gasteiger partial charge < -0.3 is 54.7 Å². The van der Waals surface area contributed by atoms with Gasteiger partial charge in [0, 0.05) is 308 Å². The fourth-order valence-electron chi connectivity index (χ4n) is 2.86. The Morgan fingerprint density at radius 3 is 1.55 bits per heavy atom. The number of hydrogen-bond acceptors (Lipinski definition) is 11. The van der Waals surface area contributed by atoms with Crippen LogP contribution in [-0.2, 0) is 18.9 Å². The van der Waals surface area contributed by atoms with Crippen LogP contribution < -0.4 is 0 Å². The van der Waals surface area contributed by atoms with Crippen LogP contribution in [0.2, 0.25) is 0 Å². The molecule has 0 aromatic carbocycles. The van der Waals surface area contributed by atoms with Gasteiger partial charge in [-0.2, -0.15) is 0 Å². The molecule has 11 nitrogen and oxygen atoms in total. The fraction of sp³-hybridized carbons (Fsp3) is 0.867. The van der Waals surface area contributed by atoms with Crippen LogP contribution >= 0.6 is 0 Å². The molecular weight excluding hydrogens is 1950 g/mol. The first-order valence-corrected chi connectivity index (χ1v) is 8.16. The smallest absolute Gasteiger partial charge is 0.187 e. The van der Waals surface area contributed by atoms with Crippen LogP contribution in [-0.4, -0.2) is 117 Å². The van der Waals surface area contributed by atoms with Gasteiger partial charge in [0.05, 0.1) is 19.8 Å². The van der Waals surface area contributed by atoms with E-state index in [0.717, 1.165) is 0 Å². The molecule has 0 bridgehead atoms. The molecule has 2 fully saturated rings. The second kappa shape index (κ2) is 30.1. The number of aliphatic hydroxyl groups excluding tert-OH is 7. The molecule has 2 aliphatic rings. The number of aliphatic hydroxyl groups is 7. The van der Waals surface area contributed by atoms with Crippen molar-refractivity contribution in [3.05, 3.63) is 12.7 Å². The van der Waals surface area contributed by atoms with Gasteiger partial charge in [-0.1, -0.05) is 6.08 Å². The predicted molar refractivity (Wildman–Crippen MR) is 82.5 cm³/mol. The van der Waals surface area contributed by atoms with Gasteiger partial charge in [0.15, 0.2) is 12.6 Å². The third kappa shape index (κ3) is 17.0. The zero-order valence-corrected chi connectivity index (χ0v) is 51.2. The molecule has 18 heteroatoms. The van der Waals surface area contributed by atoms with Crippen molar-refractivity contribution in [2.24, 2.45) is 0 Å². The molecule has 0 aromatic heterocycles. The summed E-state index contributed by atoms with van der Waals surface area (Å²) in [6, 6.07) is 0. The van der Waals surface area contributed by atoms with E-state index in [1.165, 1.54) is 6.08 Å². The van der Waals surface area contributed by atoms with Gasteiger partial charge in [-0.15, -0.1) is 6.58 Å². The Kier molecular flexibility index (Phi) is 50.0. The van der Waals surface area contributed by atoms with Crippen LogP contribution in [0.1, 0.15) is 0 Å². The molecule has 7 N–H and O–H groups in total. The minimum atomic E-state index is -1.70. The van der Waals surface area contributed by atoms with Crippen LogP contribution in [0.25, 0.3) is 0 Å². The first-order valence-electron chi connectivity index (χ1n) is 8.16. The van der Waals surface area contributed by atoms with E-state index in [2.05, 4.69) is 6.58 Å². The third-order valence-corrected chi connectivity index (χ3v) is 4.34. The van der Waals surface area contributed by atoms with Gasteiger partial charge in [0.25, 0.3) is 0 Å². The molecule has 10 atom stereocenters. The number of ether oxygens (including phenoxy) is 4. The SMILES string of the molecule is C=CCOC1OC(CO)C(OC2OC(CO)C(O)C(O)C2O)C(O)C1O.[Ac].[Ac].[Ac].[Ac].[Ac].[Ac].[Ac]. The topological polar surface area (TPSA) is 179 Å². The average Bonchev–Trinajstić information content (AvgIpc) is 2.64. The van der Waals surface area contributed by atoms with Crippen LogP contribution in [0.4, 0.5) is 0 Å². The van der Waals surface area contributed by atoms with Crippen LogP contribution in [0.15, 0.2) is 12.7 Å². The third-order valence-electron chi connectivity index (χ3n) is 4.34. The molecule has 173 valence electrons. The van der Waals surface area contributed by atoms with Crippen molar-refractivity contribution < 1.29 is 363 Å². The Balaban J connectivity index is -0.000000260. The summed E-state index contributed by atoms with van der Waals surface area (Å²) in [4.78, 5) is 0. The summed E-state index contributed by atoms with van der Waals surface area (Å²) < 4.78 is 21.1. The molecule has 0 aliphatic carbocycles. The molecule has 10 unspecified atom stereocenters. The second-order valence-electron chi connectivity index (χ2n) is 6.13. The fourth-order valence-corrected chi connectivity index (χ4v) is 2.86. The summed E-state index contributed by atoms with van der Waals surface area (Å²) in [6.07, 6.45) is -13.1. The van der Waals surface area contributed by atoms with Crippen molar-refractivity contribution in [1.82, 2.24) is 0 Å². The molecular formula is C15H26Ac7O11. The quantitative estimate of drug-likeness (QED) is 0.123. The van der Waals surface area contributed by atoms with Gasteiger partial charge in [-0.05, 0) is 0 Å². The van der Waals surface area contributed by atoms with Gasteiger partial charge >= 0.3 is 0 Å². The first-order chi connectivity index (χ1) is 12.3. The van der Waals surface area contributed by atoms with Crippen molar-refractivity contribution >= 4 is 0 Å². The van der Waals surface area contributed by atoms with Crippen LogP contribution in [0.3, 0.4) is 0 Å². The molecule has 2 heterocycles. The summed E-state index contributed by atoms with van der Waals surface area (Å²) in [5, 5.41) is 68.6. The van der Waals surface area contributed by atoms with Crippen molar-refractivity contribution in [2.45, 2.75) is 61.4 Å². The number of rotatable bonds is 7. The first kappa shape index (κ1) is 54.8. The molecule has 0 amide bonds. The van der Waals surface area contributed by atoms with E-state index in [0.29, 0.717) is 0 Å². The Morgan fingerprint density at radius 1 is 0.636 bits per heavy atom. The van der Waals surface area contributed by atoms with E-state index in [4.69, 9.17) is 18.9 Å². The van der Waals surface area contributed by atoms with E-state index < -0.39 is 74.6 Å². The van der Waals surface area contributed by atoms with Crippen molar-refractivity contribution in [1.29, 1.82) is 0 Å². The second-order valence-corrected chi connectivity index (χ2v) is 6.13. The molecule has 33 heavy (non-hydrogen) atoms. The van der Waals surface area contributed by atoms with Gasteiger partial charge in [0.2, 0.25) is 0 Å². The van der Waals surface area contributed by atoms with E-state index in [9.17, 15) is 35.7 Å². The van der Waals surface area contributed by atoms with Crippen LogP contribution in [0.5, 0.6) is 0 Å². The molecule has 2 rings (SSSR count).